The van der Waals surface area contributed by atoms with Crippen LogP contribution in [-0.2, 0) is 12.1 Å². The SMILES string of the molecule is CN(C)Cc1ccc(-c2noc(C3(C)CCCCN3)n2)cc1. The molecule has 0 saturated carbocycles. The van der Waals surface area contributed by atoms with Gasteiger partial charge >= 0.3 is 0 Å². The quantitative estimate of drug-likeness (QED) is 0.941. The Morgan fingerprint density at radius 3 is 2.64 bits per heavy atom. The Bertz CT molecular complexity index is 612. The second-order valence-electron chi connectivity index (χ2n) is 6.57. The van der Waals surface area contributed by atoms with E-state index in [1.807, 2.05) is 0 Å². The Morgan fingerprint density at radius 2 is 2.00 bits per heavy atom. The topological polar surface area (TPSA) is 54.2 Å². The standard InChI is InChI=1S/C17H24N4O/c1-17(10-4-5-11-18-17)16-19-15(20-22-16)14-8-6-13(7-9-14)12-21(2)3/h6-9,18H,4-5,10-12H2,1-3H3. The van der Waals surface area contributed by atoms with Crippen LogP contribution >= 0.6 is 0 Å². The van der Waals surface area contributed by atoms with Crippen molar-refractivity contribution in [3.8, 4) is 11.4 Å². The lowest BCUT2D eigenvalue weighted by Crippen LogP contribution is -2.43. The van der Waals surface area contributed by atoms with Crippen LogP contribution in [0, 0.1) is 0 Å². The van der Waals surface area contributed by atoms with Crippen LogP contribution < -0.4 is 5.32 Å². The number of benzene rings is 1. The molecule has 1 aromatic heterocycles. The summed E-state index contributed by atoms with van der Waals surface area (Å²) in [4.78, 5) is 6.77. The Morgan fingerprint density at radius 1 is 1.23 bits per heavy atom. The molecular formula is C17H24N4O. The number of aromatic nitrogens is 2. The summed E-state index contributed by atoms with van der Waals surface area (Å²) in [6, 6.07) is 8.35. The zero-order valence-electron chi connectivity index (χ0n) is 13.6. The molecule has 1 fully saturated rings. The smallest absolute Gasteiger partial charge is 0.246 e. The van der Waals surface area contributed by atoms with Gasteiger partial charge in [-0.25, -0.2) is 0 Å². The molecule has 1 aromatic carbocycles. The lowest BCUT2D eigenvalue weighted by molar-refractivity contribution is 0.207. The fraction of sp³-hybridized carbons (Fsp3) is 0.529. The lowest BCUT2D eigenvalue weighted by atomic mass is 9.91. The van der Waals surface area contributed by atoms with E-state index in [0.29, 0.717) is 11.7 Å². The molecule has 0 aliphatic carbocycles. The van der Waals surface area contributed by atoms with Gasteiger partial charge in [0.25, 0.3) is 0 Å². The molecule has 1 aliphatic rings. The number of rotatable bonds is 4. The average molecular weight is 300 g/mol. The van der Waals surface area contributed by atoms with E-state index < -0.39 is 0 Å². The first-order valence-electron chi connectivity index (χ1n) is 7.90. The molecule has 118 valence electrons. The molecule has 0 spiro atoms. The molecule has 5 nitrogen and oxygen atoms in total. The molecule has 5 heteroatoms. The molecule has 1 unspecified atom stereocenters. The Hall–Kier alpha value is -1.72. The van der Waals surface area contributed by atoms with Gasteiger partial charge in [0.1, 0.15) is 0 Å². The molecule has 22 heavy (non-hydrogen) atoms. The van der Waals surface area contributed by atoms with Crippen LogP contribution in [0.15, 0.2) is 28.8 Å². The van der Waals surface area contributed by atoms with Crippen LogP contribution in [0.1, 0.15) is 37.6 Å². The predicted octanol–water partition coefficient (Wildman–Crippen LogP) is 2.79. The monoisotopic (exact) mass is 300 g/mol. The summed E-state index contributed by atoms with van der Waals surface area (Å²) in [5.41, 5.74) is 2.09. The second kappa shape index (κ2) is 6.18. The van der Waals surface area contributed by atoms with E-state index in [2.05, 4.69) is 65.6 Å². The minimum atomic E-state index is -0.186. The van der Waals surface area contributed by atoms with Crippen LogP contribution in [0.25, 0.3) is 11.4 Å². The minimum absolute atomic E-state index is 0.186. The summed E-state index contributed by atoms with van der Waals surface area (Å²) in [7, 11) is 4.13. The molecule has 1 aliphatic heterocycles. The normalized spacial score (nSPS) is 22.2. The van der Waals surface area contributed by atoms with Gasteiger partial charge in [-0.05, 0) is 52.4 Å². The molecule has 2 aromatic rings. The van der Waals surface area contributed by atoms with Crippen molar-refractivity contribution in [2.75, 3.05) is 20.6 Å². The van der Waals surface area contributed by atoms with Gasteiger partial charge in [-0.2, -0.15) is 4.98 Å². The van der Waals surface area contributed by atoms with Crippen molar-refractivity contribution in [1.82, 2.24) is 20.4 Å². The largest absolute Gasteiger partial charge is 0.337 e. The fourth-order valence-electron chi connectivity index (χ4n) is 2.93. The van der Waals surface area contributed by atoms with Crippen molar-refractivity contribution in [1.29, 1.82) is 0 Å². The molecule has 3 rings (SSSR count). The first-order valence-corrected chi connectivity index (χ1v) is 7.90. The maximum absolute atomic E-state index is 5.52. The van der Waals surface area contributed by atoms with E-state index in [1.54, 1.807) is 0 Å². The van der Waals surface area contributed by atoms with Gasteiger partial charge in [0, 0.05) is 12.1 Å². The summed E-state index contributed by atoms with van der Waals surface area (Å²) in [6.07, 6.45) is 3.45. The third-order valence-corrected chi connectivity index (χ3v) is 4.23. The Labute approximate surface area is 131 Å². The zero-order valence-corrected chi connectivity index (χ0v) is 13.6. The summed E-state index contributed by atoms with van der Waals surface area (Å²) in [5.74, 6) is 1.36. The van der Waals surface area contributed by atoms with Gasteiger partial charge in [-0.1, -0.05) is 29.4 Å². The summed E-state index contributed by atoms with van der Waals surface area (Å²) < 4.78 is 5.52. The van der Waals surface area contributed by atoms with E-state index in [0.717, 1.165) is 25.1 Å². The average Bonchev–Trinajstić information content (AvgIpc) is 2.99. The highest BCUT2D eigenvalue weighted by Gasteiger charge is 2.34. The van der Waals surface area contributed by atoms with Crippen LogP contribution in [0.4, 0.5) is 0 Å². The van der Waals surface area contributed by atoms with Crippen molar-refractivity contribution < 1.29 is 4.52 Å². The van der Waals surface area contributed by atoms with Crippen molar-refractivity contribution in [3.05, 3.63) is 35.7 Å². The second-order valence-corrected chi connectivity index (χ2v) is 6.57. The van der Waals surface area contributed by atoms with Crippen molar-refractivity contribution in [2.45, 2.75) is 38.3 Å². The van der Waals surface area contributed by atoms with Gasteiger partial charge in [-0.15, -0.1) is 0 Å². The minimum Gasteiger partial charge on any atom is -0.337 e. The molecule has 0 radical (unpaired) electrons. The Balaban J connectivity index is 1.78. The van der Waals surface area contributed by atoms with Gasteiger partial charge in [0.15, 0.2) is 0 Å². The first kappa shape index (κ1) is 15.2. The molecule has 1 atom stereocenters. The number of hydrogen-bond donors (Lipinski definition) is 1. The molecule has 1 N–H and O–H groups in total. The van der Waals surface area contributed by atoms with Crippen LogP contribution in [0.5, 0.6) is 0 Å². The number of piperidine rings is 1. The van der Waals surface area contributed by atoms with Gasteiger partial charge in [-0.3, -0.25) is 0 Å². The first-order chi connectivity index (χ1) is 10.6. The van der Waals surface area contributed by atoms with Gasteiger partial charge in [0.05, 0.1) is 5.54 Å². The van der Waals surface area contributed by atoms with Crippen molar-refractivity contribution >= 4 is 0 Å². The van der Waals surface area contributed by atoms with E-state index >= 15 is 0 Å². The molecule has 0 bridgehead atoms. The number of nitrogens with zero attached hydrogens (tertiary/aromatic N) is 3. The number of nitrogens with one attached hydrogen (secondary N) is 1. The Kier molecular flexibility index (Phi) is 4.27. The third kappa shape index (κ3) is 3.20. The molecule has 1 saturated heterocycles. The highest BCUT2D eigenvalue weighted by atomic mass is 16.5. The number of hydrogen-bond acceptors (Lipinski definition) is 5. The van der Waals surface area contributed by atoms with Crippen molar-refractivity contribution in [2.24, 2.45) is 0 Å². The van der Waals surface area contributed by atoms with E-state index in [-0.39, 0.29) is 5.54 Å². The van der Waals surface area contributed by atoms with Crippen molar-refractivity contribution in [3.63, 3.8) is 0 Å². The zero-order chi connectivity index (χ0) is 15.6. The van der Waals surface area contributed by atoms with E-state index in [1.165, 1.54) is 18.4 Å². The molecule has 2 heterocycles. The maximum Gasteiger partial charge on any atom is 0.246 e. The highest BCUT2D eigenvalue weighted by molar-refractivity contribution is 5.54. The molecular weight excluding hydrogens is 276 g/mol. The molecule has 0 amide bonds. The van der Waals surface area contributed by atoms with Crippen LogP contribution in [-0.4, -0.2) is 35.7 Å². The summed E-state index contributed by atoms with van der Waals surface area (Å²) >= 11 is 0. The predicted molar refractivity (Wildman–Crippen MR) is 86.3 cm³/mol. The third-order valence-electron chi connectivity index (χ3n) is 4.23. The van der Waals surface area contributed by atoms with Crippen LogP contribution in [0.3, 0.4) is 0 Å². The van der Waals surface area contributed by atoms with Gasteiger partial charge in [0.2, 0.25) is 11.7 Å². The maximum atomic E-state index is 5.52. The highest BCUT2D eigenvalue weighted by Crippen LogP contribution is 2.30. The van der Waals surface area contributed by atoms with Gasteiger partial charge < -0.3 is 14.7 Å². The fourth-order valence-corrected chi connectivity index (χ4v) is 2.93. The summed E-state index contributed by atoms with van der Waals surface area (Å²) in [6.45, 7) is 4.08. The van der Waals surface area contributed by atoms with Crippen LogP contribution in [0.2, 0.25) is 0 Å². The lowest BCUT2D eigenvalue weighted by Gasteiger charge is -2.31. The van der Waals surface area contributed by atoms with E-state index in [4.69, 9.17) is 4.52 Å². The summed E-state index contributed by atoms with van der Waals surface area (Å²) in [5, 5.41) is 7.67. The van der Waals surface area contributed by atoms with E-state index in [9.17, 15) is 0 Å².